The van der Waals surface area contributed by atoms with Crippen molar-refractivity contribution in [1.29, 1.82) is 0 Å². The van der Waals surface area contributed by atoms with Crippen LogP contribution in [0.5, 0.6) is 0 Å². The van der Waals surface area contributed by atoms with Crippen molar-refractivity contribution in [2.45, 2.75) is 140 Å². The van der Waals surface area contributed by atoms with Crippen LogP contribution in [-0.2, 0) is 39.8 Å². The maximum absolute atomic E-state index is 12.6. The molecule has 4 saturated heterocycles. The standard InChI is InChI=1S/C32H49NO11/c1-16-11-22(35)20(12-24-28(37)29(38)27(36)17(2)42-24)23(41-16)13-21-26(33-18(3)34)31(39-14-19-9-7-6-8-10-19)43-25-15-40-32(4,5)44-30(21)25/h6-10,16-17,20-31,35-38H,11-15H2,1-5H3,(H,33,34)/t16-,17-,20+,21+,22-,23-,24-,25+,26+,27+,28+,29+,30-,31-/m0/s1. The maximum atomic E-state index is 12.6. The number of fused-ring (bicyclic) bond motifs is 1. The first-order valence-electron chi connectivity index (χ1n) is 15.8. The molecule has 14 atom stereocenters. The molecule has 0 aliphatic carbocycles. The first-order valence-corrected chi connectivity index (χ1v) is 15.8. The van der Waals surface area contributed by atoms with Crippen molar-refractivity contribution in [2.75, 3.05) is 6.61 Å². The van der Waals surface area contributed by atoms with Gasteiger partial charge in [0.15, 0.2) is 12.1 Å². The largest absolute Gasteiger partial charge is 0.393 e. The Hall–Kier alpha value is -1.71. The van der Waals surface area contributed by atoms with Crippen molar-refractivity contribution < 1.29 is 53.6 Å². The van der Waals surface area contributed by atoms with Gasteiger partial charge >= 0.3 is 0 Å². The van der Waals surface area contributed by atoms with Gasteiger partial charge in [-0.3, -0.25) is 4.79 Å². The van der Waals surface area contributed by atoms with Crippen LogP contribution in [0.25, 0.3) is 0 Å². The molecule has 4 aliphatic heterocycles. The first-order chi connectivity index (χ1) is 20.8. The predicted molar refractivity (Wildman–Crippen MR) is 156 cm³/mol. The van der Waals surface area contributed by atoms with Crippen LogP contribution in [0.3, 0.4) is 0 Å². The van der Waals surface area contributed by atoms with Gasteiger partial charge in [-0.05, 0) is 52.5 Å². The molecular formula is C32H49NO11. The zero-order valence-corrected chi connectivity index (χ0v) is 26.2. The molecule has 44 heavy (non-hydrogen) atoms. The topological polar surface area (TPSA) is 165 Å². The van der Waals surface area contributed by atoms with Crippen LogP contribution in [0.2, 0.25) is 0 Å². The number of aliphatic hydroxyl groups is 4. The van der Waals surface area contributed by atoms with E-state index in [1.54, 1.807) is 6.92 Å². The van der Waals surface area contributed by atoms with Crippen LogP contribution >= 0.6 is 0 Å². The van der Waals surface area contributed by atoms with Gasteiger partial charge in [0.25, 0.3) is 0 Å². The summed E-state index contributed by atoms with van der Waals surface area (Å²) in [5.74, 6) is -1.99. The predicted octanol–water partition coefficient (Wildman–Crippen LogP) is 1.01. The Balaban J connectivity index is 1.43. The Kier molecular flexibility index (Phi) is 10.7. The fraction of sp³-hybridized carbons (Fsp3) is 0.781. The second-order valence-electron chi connectivity index (χ2n) is 13.3. The van der Waals surface area contributed by atoms with E-state index in [0.29, 0.717) is 12.8 Å². The second-order valence-corrected chi connectivity index (χ2v) is 13.3. The van der Waals surface area contributed by atoms with Gasteiger partial charge in [0, 0.05) is 18.8 Å². The second kappa shape index (κ2) is 14.0. The number of nitrogens with one attached hydrogen (secondary N) is 1. The van der Waals surface area contributed by atoms with E-state index in [9.17, 15) is 25.2 Å². The number of aliphatic hydroxyl groups excluding tert-OH is 4. The zero-order valence-electron chi connectivity index (χ0n) is 26.2. The minimum absolute atomic E-state index is 0.194. The van der Waals surface area contributed by atoms with Crippen molar-refractivity contribution in [3.63, 3.8) is 0 Å². The lowest BCUT2D eigenvalue weighted by atomic mass is 9.75. The van der Waals surface area contributed by atoms with Gasteiger partial charge in [0.05, 0.1) is 55.9 Å². The SMILES string of the molecule is CC(=O)N[C@H]1[C@@H](OCc2ccccc2)O[C@@H]2COC(C)(C)O[C@H]2[C@@H]1C[C@@H]1O[C@@H](C)C[C@H](O)[C@H]1C[C@@H]1O[C@@H](C)[C@@H](O)[C@@H](O)[C@@H]1O. The molecule has 1 aromatic carbocycles. The van der Waals surface area contributed by atoms with Crippen LogP contribution in [0.15, 0.2) is 30.3 Å². The smallest absolute Gasteiger partial charge is 0.217 e. The lowest BCUT2D eigenvalue weighted by Gasteiger charge is -2.53. The number of hydrogen-bond donors (Lipinski definition) is 5. The number of benzene rings is 1. The Labute approximate surface area is 258 Å². The quantitative estimate of drug-likeness (QED) is 0.281. The van der Waals surface area contributed by atoms with Gasteiger partial charge in [-0.1, -0.05) is 30.3 Å². The summed E-state index contributed by atoms with van der Waals surface area (Å²) >= 11 is 0. The number of carbonyl (C=O) groups is 1. The van der Waals surface area contributed by atoms with Crippen LogP contribution in [0.4, 0.5) is 0 Å². The molecule has 1 amide bonds. The van der Waals surface area contributed by atoms with Gasteiger partial charge in [-0.25, -0.2) is 0 Å². The van der Waals surface area contributed by atoms with E-state index in [2.05, 4.69) is 5.32 Å². The Bertz CT molecular complexity index is 1090. The van der Waals surface area contributed by atoms with Gasteiger partial charge in [0.2, 0.25) is 5.91 Å². The third-order valence-electron chi connectivity index (χ3n) is 9.41. The number of rotatable bonds is 8. The third kappa shape index (κ3) is 7.63. The Morgan fingerprint density at radius 1 is 0.955 bits per heavy atom. The highest BCUT2D eigenvalue weighted by molar-refractivity contribution is 5.73. The lowest BCUT2D eigenvalue weighted by Crippen LogP contribution is -2.66. The molecule has 0 saturated carbocycles. The van der Waals surface area contributed by atoms with Crippen molar-refractivity contribution in [2.24, 2.45) is 11.8 Å². The van der Waals surface area contributed by atoms with Gasteiger partial charge < -0.3 is 54.2 Å². The average molecular weight is 624 g/mol. The van der Waals surface area contributed by atoms with Crippen LogP contribution < -0.4 is 5.32 Å². The normalized spacial score (nSPS) is 44.0. The van der Waals surface area contributed by atoms with E-state index in [1.807, 2.05) is 51.1 Å². The molecule has 0 aromatic heterocycles. The summed E-state index contributed by atoms with van der Waals surface area (Å²) in [5.41, 5.74) is 0.953. The fourth-order valence-corrected chi connectivity index (χ4v) is 7.17. The molecule has 12 heteroatoms. The summed E-state index contributed by atoms with van der Waals surface area (Å²) in [6, 6.07) is 9.07. The Morgan fingerprint density at radius 3 is 2.36 bits per heavy atom. The monoisotopic (exact) mass is 623 g/mol. The van der Waals surface area contributed by atoms with Crippen LogP contribution in [0, 0.1) is 11.8 Å². The maximum Gasteiger partial charge on any atom is 0.217 e. The highest BCUT2D eigenvalue weighted by Gasteiger charge is 2.54. The molecule has 248 valence electrons. The zero-order chi connectivity index (χ0) is 31.8. The molecule has 0 unspecified atom stereocenters. The average Bonchev–Trinajstić information content (AvgIpc) is 2.96. The highest BCUT2D eigenvalue weighted by atomic mass is 16.8. The van der Waals surface area contributed by atoms with E-state index < -0.39 is 79.0 Å². The van der Waals surface area contributed by atoms with Crippen LogP contribution in [-0.4, -0.2) is 112 Å². The Morgan fingerprint density at radius 2 is 1.66 bits per heavy atom. The molecule has 12 nitrogen and oxygen atoms in total. The number of amides is 1. The van der Waals surface area contributed by atoms with Crippen molar-refractivity contribution in [3.05, 3.63) is 35.9 Å². The fourth-order valence-electron chi connectivity index (χ4n) is 7.17. The molecule has 4 aliphatic rings. The first kappa shape index (κ1) is 33.6. The van der Waals surface area contributed by atoms with Gasteiger partial charge in [0.1, 0.15) is 24.4 Å². The number of carbonyl (C=O) groups excluding carboxylic acids is 1. The third-order valence-corrected chi connectivity index (χ3v) is 9.41. The summed E-state index contributed by atoms with van der Waals surface area (Å²) in [7, 11) is 0. The van der Waals surface area contributed by atoms with E-state index in [4.69, 9.17) is 28.4 Å². The summed E-state index contributed by atoms with van der Waals surface area (Å²) < 4.78 is 37.5. The molecule has 5 rings (SSSR count). The van der Waals surface area contributed by atoms with Gasteiger partial charge in [-0.15, -0.1) is 0 Å². The van der Waals surface area contributed by atoms with E-state index in [-0.39, 0.29) is 37.6 Å². The molecule has 4 fully saturated rings. The van der Waals surface area contributed by atoms with Gasteiger partial charge in [-0.2, -0.15) is 0 Å². The molecule has 5 N–H and O–H groups in total. The van der Waals surface area contributed by atoms with Crippen molar-refractivity contribution in [3.8, 4) is 0 Å². The minimum Gasteiger partial charge on any atom is -0.393 e. The number of hydrogen-bond acceptors (Lipinski definition) is 11. The summed E-state index contributed by atoms with van der Waals surface area (Å²) in [5, 5.41) is 45.8. The molecule has 0 bridgehead atoms. The van der Waals surface area contributed by atoms with Crippen molar-refractivity contribution >= 4 is 5.91 Å². The van der Waals surface area contributed by atoms with Crippen molar-refractivity contribution in [1.82, 2.24) is 5.32 Å². The highest BCUT2D eigenvalue weighted by Crippen LogP contribution is 2.42. The lowest BCUT2D eigenvalue weighted by molar-refractivity contribution is -0.366. The minimum atomic E-state index is -1.37. The molecule has 0 radical (unpaired) electrons. The van der Waals surface area contributed by atoms with Crippen LogP contribution in [0.1, 0.15) is 59.4 Å². The molecule has 4 heterocycles. The van der Waals surface area contributed by atoms with E-state index >= 15 is 0 Å². The van der Waals surface area contributed by atoms with E-state index in [0.717, 1.165) is 5.56 Å². The summed E-state index contributed by atoms with van der Waals surface area (Å²) in [6.07, 6.45) is -7.81. The summed E-state index contributed by atoms with van der Waals surface area (Å²) in [4.78, 5) is 12.6. The number of ether oxygens (including phenoxy) is 6. The molecular weight excluding hydrogens is 574 g/mol. The summed E-state index contributed by atoms with van der Waals surface area (Å²) in [6.45, 7) is 9.18. The molecule has 0 spiro atoms. The van der Waals surface area contributed by atoms with E-state index in [1.165, 1.54) is 6.92 Å². The molecule has 1 aromatic rings.